The van der Waals surface area contributed by atoms with Gasteiger partial charge in [0.1, 0.15) is 11.8 Å². The van der Waals surface area contributed by atoms with Crippen molar-refractivity contribution in [1.29, 1.82) is 0 Å². The zero-order valence-electron chi connectivity index (χ0n) is 16.4. The van der Waals surface area contributed by atoms with E-state index in [-0.39, 0.29) is 29.1 Å². The topological polar surface area (TPSA) is 62.4 Å². The van der Waals surface area contributed by atoms with Gasteiger partial charge in [-0.25, -0.2) is 0 Å². The van der Waals surface area contributed by atoms with Crippen LogP contribution < -0.4 is 20.7 Å². The SMILES string of the molecule is CCC(Nc1cccc(OC)c1)C(=O)NC1CC(C)(C)NC(C)(C)C1. The van der Waals surface area contributed by atoms with Crippen molar-refractivity contribution in [1.82, 2.24) is 10.6 Å². The Balaban J connectivity index is 2.01. The summed E-state index contributed by atoms with van der Waals surface area (Å²) in [5, 5.41) is 10.2. The molecule has 0 bridgehead atoms. The number of carbonyl (C=O) groups excluding carboxylic acids is 1. The largest absolute Gasteiger partial charge is 0.497 e. The van der Waals surface area contributed by atoms with Crippen molar-refractivity contribution in [3.8, 4) is 5.75 Å². The molecule has 0 aliphatic carbocycles. The fraction of sp³-hybridized carbons (Fsp3) is 0.650. The summed E-state index contributed by atoms with van der Waals surface area (Å²) in [5.41, 5.74) is 0.927. The first-order valence-corrected chi connectivity index (χ1v) is 9.14. The highest BCUT2D eigenvalue weighted by Crippen LogP contribution is 2.28. The van der Waals surface area contributed by atoms with Crippen LogP contribution >= 0.6 is 0 Å². The lowest BCUT2D eigenvalue weighted by Gasteiger charge is -2.46. The molecule has 2 rings (SSSR count). The fourth-order valence-corrected chi connectivity index (χ4v) is 3.99. The van der Waals surface area contributed by atoms with E-state index in [4.69, 9.17) is 4.74 Å². The van der Waals surface area contributed by atoms with Gasteiger partial charge < -0.3 is 20.7 Å². The van der Waals surface area contributed by atoms with E-state index >= 15 is 0 Å². The molecule has 140 valence electrons. The highest BCUT2D eigenvalue weighted by molar-refractivity contribution is 5.84. The maximum atomic E-state index is 12.8. The lowest BCUT2D eigenvalue weighted by molar-refractivity contribution is -0.123. The van der Waals surface area contributed by atoms with Crippen molar-refractivity contribution in [2.24, 2.45) is 0 Å². The predicted molar refractivity (Wildman–Crippen MR) is 103 cm³/mol. The van der Waals surface area contributed by atoms with Gasteiger partial charge in [-0.2, -0.15) is 0 Å². The van der Waals surface area contributed by atoms with Gasteiger partial charge >= 0.3 is 0 Å². The van der Waals surface area contributed by atoms with Gasteiger partial charge in [0.05, 0.1) is 7.11 Å². The van der Waals surface area contributed by atoms with E-state index in [2.05, 4.69) is 43.6 Å². The van der Waals surface area contributed by atoms with Crippen molar-refractivity contribution in [2.75, 3.05) is 12.4 Å². The molecular weight excluding hydrogens is 314 g/mol. The number of anilines is 1. The molecule has 0 aromatic heterocycles. The van der Waals surface area contributed by atoms with E-state index in [1.807, 2.05) is 31.2 Å². The molecule has 1 amide bonds. The van der Waals surface area contributed by atoms with Crippen molar-refractivity contribution in [3.05, 3.63) is 24.3 Å². The van der Waals surface area contributed by atoms with Crippen molar-refractivity contribution < 1.29 is 9.53 Å². The Bertz CT molecular complexity index is 582. The van der Waals surface area contributed by atoms with Gasteiger partial charge in [-0.3, -0.25) is 4.79 Å². The second kappa shape index (κ2) is 7.65. The molecular formula is C20H33N3O2. The van der Waals surface area contributed by atoms with Gasteiger partial charge in [-0.05, 0) is 59.1 Å². The Kier molecular flexibility index (Phi) is 5.99. The standard InChI is InChI=1S/C20H33N3O2/c1-7-17(21-14-9-8-10-16(11-14)25-6)18(24)22-15-12-19(2,3)23-20(4,5)13-15/h8-11,15,17,21,23H,7,12-13H2,1-6H3,(H,22,24). The smallest absolute Gasteiger partial charge is 0.242 e. The third-order valence-corrected chi connectivity index (χ3v) is 4.67. The fourth-order valence-electron chi connectivity index (χ4n) is 3.99. The number of nitrogens with one attached hydrogen (secondary N) is 3. The van der Waals surface area contributed by atoms with Gasteiger partial charge in [0.15, 0.2) is 0 Å². The highest BCUT2D eigenvalue weighted by atomic mass is 16.5. The van der Waals surface area contributed by atoms with Crippen LogP contribution in [0.25, 0.3) is 0 Å². The highest BCUT2D eigenvalue weighted by Gasteiger charge is 2.38. The monoisotopic (exact) mass is 347 g/mol. The number of benzene rings is 1. The Hall–Kier alpha value is -1.75. The van der Waals surface area contributed by atoms with Crippen LogP contribution in [0.3, 0.4) is 0 Å². The summed E-state index contributed by atoms with van der Waals surface area (Å²) in [5.74, 6) is 0.839. The normalized spacial score (nSPS) is 20.6. The van der Waals surface area contributed by atoms with Crippen LogP contribution in [-0.2, 0) is 4.79 Å². The Morgan fingerprint density at radius 1 is 1.28 bits per heavy atom. The molecule has 1 aliphatic heterocycles. The minimum absolute atomic E-state index is 0.0155. The number of amides is 1. The first-order chi connectivity index (χ1) is 11.6. The lowest BCUT2D eigenvalue weighted by Crippen LogP contribution is -2.62. The molecule has 0 saturated carbocycles. The molecule has 0 radical (unpaired) electrons. The molecule has 1 aromatic rings. The summed E-state index contributed by atoms with van der Waals surface area (Å²) < 4.78 is 5.25. The first kappa shape index (κ1) is 19.6. The number of hydrogen-bond acceptors (Lipinski definition) is 4. The van der Waals surface area contributed by atoms with E-state index in [0.29, 0.717) is 0 Å². The zero-order valence-corrected chi connectivity index (χ0v) is 16.4. The van der Waals surface area contributed by atoms with E-state index < -0.39 is 0 Å². The molecule has 25 heavy (non-hydrogen) atoms. The summed E-state index contributed by atoms with van der Waals surface area (Å²) in [4.78, 5) is 12.8. The Morgan fingerprint density at radius 3 is 2.48 bits per heavy atom. The molecule has 1 saturated heterocycles. The first-order valence-electron chi connectivity index (χ1n) is 9.14. The number of piperidine rings is 1. The molecule has 5 nitrogen and oxygen atoms in total. The van der Waals surface area contributed by atoms with Crippen LogP contribution in [0.1, 0.15) is 53.9 Å². The lowest BCUT2D eigenvalue weighted by atomic mass is 9.79. The summed E-state index contributed by atoms with van der Waals surface area (Å²) >= 11 is 0. The third-order valence-electron chi connectivity index (χ3n) is 4.67. The summed E-state index contributed by atoms with van der Waals surface area (Å²) in [7, 11) is 1.64. The maximum Gasteiger partial charge on any atom is 0.242 e. The van der Waals surface area contributed by atoms with Gasteiger partial charge in [0.2, 0.25) is 5.91 Å². The van der Waals surface area contributed by atoms with Gasteiger partial charge in [-0.1, -0.05) is 13.0 Å². The van der Waals surface area contributed by atoms with E-state index in [1.54, 1.807) is 7.11 Å². The van der Waals surface area contributed by atoms with Crippen LogP contribution in [0.2, 0.25) is 0 Å². The van der Waals surface area contributed by atoms with Crippen molar-refractivity contribution >= 4 is 11.6 Å². The van der Waals surface area contributed by atoms with Crippen molar-refractivity contribution in [2.45, 2.75) is 77.0 Å². The Labute approximate surface area is 151 Å². The number of methoxy groups -OCH3 is 1. The molecule has 1 aliphatic rings. The van der Waals surface area contributed by atoms with Gasteiger partial charge in [0, 0.05) is 28.9 Å². The quantitative estimate of drug-likeness (QED) is 0.739. The molecule has 1 aromatic carbocycles. The molecule has 1 atom stereocenters. The third kappa shape index (κ3) is 5.63. The molecule has 1 heterocycles. The van der Waals surface area contributed by atoms with Crippen LogP contribution in [0.4, 0.5) is 5.69 Å². The minimum atomic E-state index is -0.256. The second-order valence-corrected chi connectivity index (χ2v) is 8.34. The molecule has 5 heteroatoms. The predicted octanol–water partition coefficient (Wildman–Crippen LogP) is 3.31. The number of rotatable bonds is 6. The summed E-state index contributed by atoms with van der Waals surface area (Å²) in [6.07, 6.45) is 2.58. The molecule has 0 spiro atoms. The minimum Gasteiger partial charge on any atom is -0.497 e. The van der Waals surface area contributed by atoms with E-state index in [9.17, 15) is 4.79 Å². The molecule has 1 fully saturated rings. The average Bonchev–Trinajstić information content (AvgIpc) is 2.49. The summed E-state index contributed by atoms with van der Waals surface area (Å²) in [6, 6.07) is 7.60. The zero-order chi connectivity index (χ0) is 18.7. The van der Waals surface area contributed by atoms with Crippen LogP contribution in [0, 0.1) is 0 Å². The second-order valence-electron chi connectivity index (χ2n) is 8.34. The van der Waals surface area contributed by atoms with Crippen molar-refractivity contribution in [3.63, 3.8) is 0 Å². The van der Waals surface area contributed by atoms with E-state index in [0.717, 1.165) is 30.7 Å². The van der Waals surface area contributed by atoms with Gasteiger partial charge in [-0.15, -0.1) is 0 Å². The van der Waals surface area contributed by atoms with Gasteiger partial charge in [0.25, 0.3) is 0 Å². The number of ether oxygens (including phenoxy) is 1. The van der Waals surface area contributed by atoms with Crippen LogP contribution in [-0.4, -0.2) is 36.2 Å². The van der Waals surface area contributed by atoms with Crippen LogP contribution in [0.5, 0.6) is 5.75 Å². The Morgan fingerprint density at radius 2 is 1.92 bits per heavy atom. The summed E-state index contributed by atoms with van der Waals surface area (Å²) in [6.45, 7) is 10.8. The molecule has 3 N–H and O–H groups in total. The van der Waals surface area contributed by atoms with E-state index in [1.165, 1.54) is 0 Å². The molecule has 1 unspecified atom stereocenters. The average molecular weight is 348 g/mol. The van der Waals surface area contributed by atoms with Crippen LogP contribution in [0.15, 0.2) is 24.3 Å². The maximum absolute atomic E-state index is 12.8. The number of hydrogen-bond donors (Lipinski definition) is 3. The number of carbonyl (C=O) groups is 1.